The van der Waals surface area contributed by atoms with Crippen LogP contribution >= 0.6 is 0 Å². The number of rotatable bonds is 5. The first-order chi connectivity index (χ1) is 17.7. The van der Waals surface area contributed by atoms with E-state index in [9.17, 15) is 18.0 Å². The van der Waals surface area contributed by atoms with Gasteiger partial charge in [0.1, 0.15) is 5.52 Å². The number of ketones is 1. The van der Waals surface area contributed by atoms with E-state index in [1.165, 1.54) is 0 Å². The summed E-state index contributed by atoms with van der Waals surface area (Å²) in [6.45, 7) is 1.49. The summed E-state index contributed by atoms with van der Waals surface area (Å²) in [5, 5.41) is 19.7. The number of nitriles is 1. The maximum absolute atomic E-state index is 12.9. The molecule has 12 heteroatoms. The van der Waals surface area contributed by atoms with Crippen molar-refractivity contribution in [1.29, 1.82) is 5.26 Å². The molecule has 2 N–H and O–H groups in total. The number of carboxylic acid groups (broad SMARTS) is 1. The van der Waals surface area contributed by atoms with E-state index in [0.717, 1.165) is 61.4 Å². The molecule has 0 unspecified atom stereocenters. The number of nitrogens with one attached hydrogen (secondary N) is 1. The van der Waals surface area contributed by atoms with Gasteiger partial charge in [-0.15, -0.1) is 0 Å². The molecule has 3 aromatic rings. The Morgan fingerprint density at radius 3 is 2.41 bits per heavy atom. The summed E-state index contributed by atoms with van der Waals surface area (Å²) in [7, 11) is 0. The van der Waals surface area contributed by atoms with Crippen LogP contribution in [0.2, 0.25) is 0 Å². The maximum Gasteiger partial charge on any atom is 0.490 e. The summed E-state index contributed by atoms with van der Waals surface area (Å²) >= 11 is 0. The third-order valence-electron chi connectivity index (χ3n) is 6.05. The van der Waals surface area contributed by atoms with Gasteiger partial charge < -0.3 is 15.3 Å². The number of carbonyl (C=O) groups excluding carboxylic acids is 1. The van der Waals surface area contributed by atoms with Gasteiger partial charge in [-0.05, 0) is 43.9 Å². The number of pyridine rings is 1. The van der Waals surface area contributed by atoms with Crippen molar-refractivity contribution in [1.82, 2.24) is 15.0 Å². The second-order valence-corrected chi connectivity index (χ2v) is 8.80. The van der Waals surface area contributed by atoms with Gasteiger partial charge in [0.2, 0.25) is 0 Å². The van der Waals surface area contributed by atoms with E-state index in [1.54, 1.807) is 36.7 Å². The van der Waals surface area contributed by atoms with E-state index in [4.69, 9.17) is 25.1 Å². The Morgan fingerprint density at radius 1 is 1.08 bits per heavy atom. The molecule has 1 aromatic carbocycles. The van der Waals surface area contributed by atoms with Crippen molar-refractivity contribution in [2.45, 2.75) is 37.9 Å². The number of anilines is 2. The first kappa shape index (κ1) is 25.8. The first-order valence-electron chi connectivity index (χ1n) is 11.6. The van der Waals surface area contributed by atoms with E-state index in [-0.39, 0.29) is 11.7 Å². The standard InChI is InChI=1S/C23H22N6O.C2HF3O2/c24-13-15-2-1-3-17(12-15)21(30)16-7-10-29(11-8-16)23-22(26-18-4-5-18)27-19-6-9-25-14-20(19)28-23;3-2(4,5)1(6)7/h1-3,6,9,12,14,16,18H,4-5,7-8,10-11H2,(H,26,27);(H,6,7). The second-order valence-electron chi connectivity index (χ2n) is 8.80. The number of aliphatic carboxylic acids is 1. The summed E-state index contributed by atoms with van der Waals surface area (Å²) in [6.07, 6.45) is 2.22. The number of aromatic nitrogens is 3. The minimum absolute atomic E-state index is 0.0369. The van der Waals surface area contributed by atoms with Crippen LogP contribution in [0.15, 0.2) is 42.7 Å². The highest BCUT2D eigenvalue weighted by atomic mass is 19.4. The van der Waals surface area contributed by atoms with Gasteiger partial charge in [-0.25, -0.2) is 14.8 Å². The predicted molar refractivity (Wildman–Crippen MR) is 128 cm³/mol. The van der Waals surface area contributed by atoms with Crippen LogP contribution in [0.25, 0.3) is 11.0 Å². The second kappa shape index (κ2) is 10.8. The van der Waals surface area contributed by atoms with Crippen LogP contribution in [0.5, 0.6) is 0 Å². The molecule has 37 heavy (non-hydrogen) atoms. The molecule has 0 spiro atoms. The lowest BCUT2D eigenvalue weighted by Gasteiger charge is -2.33. The molecule has 1 aliphatic heterocycles. The highest BCUT2D eigenvalue weighted by molar-refractivity contribution is 5.98. The third-order valence-corrected chi connectivity index (χ3v) is 6.05. The zero-order valence-corrected chi connectivity index (χ0v) is 19.6. The summed E-state index contributed by atoms with van der Waals surface area (Å²) in [5.74, 6) is -1.00. The Hall–Kier alpha value is -4.27. The van der Waals surface area contributed by atoms with Gasteiger partial charge >= 0.3 is 12.1 Å². The minimum Gasteiger partial charge on any atom is -0.475 e. The Morgan fingerprint density at radius 2 is 1.78 bits per heavy atom. The van der Waals surface area contributed by atoms with Crippen LogP contribution in [-0.2, 0) is 4.79 Å². The SMILES string of the molecule is N#Cc1cccc(C(=O)C2CCN(c3nc4cnccc4nc3NC3CC3)CC2)c1.O=C(O)C(F)(F)F. The highest BCUT2D eigenvalue weighted by Gasteiger charge is 2.38. The average Bonchev–Trinajstić information content (AvgIpc) is 3.72. The number of carbonyl (C=O) groups is 2. The average molecular weight is 512 g/mol. The van der Waals surface area contributed by atoms with E-state index in [0.29, 0.717) is 17.2 Å². The molecule has 3 heterocycles. The van der Waals surface area contributed by atoms with E-state index < -0.39 is 12.1 Å². The number of benzene rings is 1. The molecule has 0 radical (unpaired) electrons. The molecule has 0 atom stereocenters. The smallest absolute Gasteiger partial charge is 0.475 e. The minimum atomic E-state index is -5.08. The maximum atomic E-state index is 12.9. The molecule has 1 saturated heterocycles. The first-order valence-corrected chi connectivity index (χ1v) is 11.6. The van der Waals surface area contributed by atoms with E-state index >= 15 is 0 Å². The van der Waals surface area contributed by atoms with Gasteiger partial charge in [-0.2, -0.15) is 18.4 Å². The number of hydrogen-bond acceptors (Lipinski definition) is 8. The van der Waals surface area contributed by atoms with Crippen molar-refractivity contribution < 1.29 is 27.9 Å². The zero-order chi connectivity index (χ0) is 26.6. The molecular formula is C25H23F3N6O3. The van der Waals surface area contributed by atoms with E-state index in [1.807, 2.05) is 6.07 Å². The van der Waals surface area contributed by atoms with Crippen LogP contribution in [-0.4, -0.2) is 57.1 Å². The molecule has 2 fully saturated rings. The van der Waals surface area contributed by atoms with Crippen molar-refractivity contribution in [3.05, 3.63) is 53.9 Å². The lowest BCUT2D eigenvalue weighted by atomic mass is 9.88. The van der Waals surface area contributed by atoms with Crippen LogP contribution in [0, 0.1) is 17.2 Å². The number of hydrogen-bond donors (Lipinski definition) is 2. The molecule has 1 saturated carbocycles. The van der Waals surface area contributed by atoms with Crippen LogP contribution in [0.4, 0.5) is 24.8 Å². The Kier molecular flexibility index (Phi) is 7.52. The van der Waals surface area contributed by atoms with Gasteiger partial charge in [-0.1, -0.05) is 12.1 Å². The van der Waals surface area contributed by atoms with Crippen molar-refractivity contribution in [2.24, 2.45) is 5.92 Å². The van der Waals surface area contributed by atoms with Gasteiger partial charge in [-0.3, -0.25) is 9.78 Å². The summed E-state index contributed by atoms with van der Waals surface area (Å²) < 4.78 is 31.7. The molecule has 0 amide bonds. The number of halogens is 3. The Labute approximate surface area is 210 Å². The fourth-order valence-electron chi connectivity index (χ4n) is 3.97. The molecule has 192 valence electrons. The van der Waals surface area contributed by atoms with Crippen molar-refractivity contribution >= 4 is 34.4 Å². The quantitative estimate of drug-likeness (QED) is 0.483. The molecular weight excluding hydrogens is 489 g/mol. The number of piperidine rings is 1. The van der Waals surface area contributed by atoms with Crippen LogP contribution < -0.4 is 10.2 Å². The summed E-state index contributed by atoms with van der Waals surface area (Å²) in [5.41, 5.74) is 2.76. The highest BCUT2D eigenvalue weighted by Crippen LogP contribution is 2.33. The zero-order valence-electron chi connectivity index (χ0n) is 19.6. The molecule has 1 aliphatic carbocycles. The molecule has 2 aliphatic rings. The number of carboxylic acids is 1. The topological polar surface area (TPSA) is 132 Å². The van der Waals surface area contributed by atoms with Crippen molar-refractivity contribution in [3.63, 3.8) is 0 Å². The fourth-order valence-corrected chi connectivity index (χ4v) is 3.97. The van der Waals surface area contributed by atoms with Gasteiger partial charge in [0.25, 0.3) is 0 Å². The monoisotopic (exact) mass is 512 g/mol. The van der Waals surface area contributed by atoms with Crippen molar-refractivity contribution in [2.75, 3.05) is 23.3 Å². The third kappa shape index (κ3) is 6.49. The largest absolute Gasteiger partial charge is 0.490 e. The molecule has 2 aromatic heterocycles. The van der Waals surface area contributed by atoms with Crippen LogP contribution in [0.1, 0.15) is 41.6 Å². The lowest BCUT2D eigenvalue weighted by molar-refractivity contribution is -0.192. The normalized spacial score (nSPS) is 15.9. The van der Waals surface area contributed by atoms with Crippen LogP contribution in [0.3, 0.4) is 0 Å². The summed E-state index contributed by atoms with van der Waals surface area (Å²) in [6, 6.07) is 11.4. The Bertz CT molecular complexity index is 1350. The number of Topliss-reactive ketones (excluding diaryl/α,β-unsaturated/α-hetero) is 1. The summed E-state index contributed by atoms with van der Waals surface area (Å²) in [4.78, 5) is 37.9. The molecule has 5 rings (SSSR count). The number of nitrogens with zero attached hydrogens (tertiary/aromatic N) is 5. The molecule has 9 nitrogen and oxygen atoms in total. The van der Waals surface area contributed by atoms with Crippen molar-refractivity contribution in [3.8, 4) is 6.07 Å². The predicted octanol–water partition coefficient (Wildman–Crippen LogP) is 4.20. The number of fused-ring (bicyclic) bond motifs is 1. The number of alkyl halides is 3. The van der Waals surface area contributed by atoms with E-state index in [2.05, 4.69) is 21.3 Å². The Balaban J connectivity index is 0.000000405. The fraction of sp³-hybridized carbons (Fsp3) is 0.360. The van der Waals surface area contributed by atoms with Gasteiger partial charge in [0.15, 0.2) is 17.4 Å². The molecule has 0 bridgehead atoms. The lowest BCUT2D eigenvalue weighted by Crippen LogP contribution is -2.37. The van der Waals surface area contributed by atoms with Gasteiger partial charge in [0.05, 0.1) is 23.3 Å². The van der Waals surface area contributed by atoms with Gasteiger partial charge in [0, 0.05) is 36.8 Å².